The van der Waals surface area contributed by atoms with Crippen molar-refractivity contribution in [3.63, 3.8) is 0 Å². The molecule has 4 N–H and O–H groups in total. The van der Waals surface area contributed by atoms with Crippen LogP contribution in [-0.2, 0) is 0 Å². The highest BCUT2D eigenvalue weighted by molar-refractivity contribution is 5.91. The number of ether oxygens (including phenoxy) is 1. The van der Waals surface area contributed by atoms with Crippen LogP contribution in [0.5, 0.6) is 5.75 Å². The normalized spacial score (nSPS) is 11.9. The second kappa shape index (κ2) is 5.87. The minimum Gasteiger partial charge on any atom is -0.496 e. The highest BCUT2D eigenvalue weighted by Gasteiger charge is 2.10. The first-order chi connectivity index (χ1) is 7.77. The summed E-state index contributed by atoms with van der Waals surface area (Å²) in [6.07, 6.45) is 0. The van der Waals surface area contributed by atoms with E-state index in [9.17, 15) is 0 Å². The molecule has 2 aromatic carbocycles. The molecule has 4 heteroatoms. The Bertz CT molecular complexity index is 502. The number of fused-ring (bicyclic) bond motifs is 1. The maximum absolute atomic E-state index is 5.99. The fraction of sp³-hybridized carbons (Fsp3) is 0.231. The summed E-state index contributed by atoms with van der Waals surface area (Å²) in [5, 5.41) is 2.19. The van der Waals surface area contributed by atoms with Gasteiger partial charge in [0.05, 0.1) is 7.11 Å². The Morgan fingerprint density at radius 3 is 2.35 bits per heavy atom. The van der Waals surface area contributed by atoms with E-state index in [-0.39, 0.29) is 18.4 Å². The van der Waals surface area contributed by atoms with Crippen LogP contribution in [0, 0.1) is 0 Å². The predicted octanol–water partition coefficient (Wildman–Crippen LogP) is 2.23. The van der Waals surface area contributed by atoms with Crippen molar-refractivity contribution in [2.45, 2.75) is 6.04 Å². The van der Waals surface area contributed by atoms with E-state index in [1.807, 2.05) is 36.4 Å². The van der Waals surface area contributed by atoms with E-state index in [4.69, 9.17) is 16.2 Å². The van der Waals surface area contributed by atoms with Gasteiger partial charge in [-0.1, -0.05) is 30.3 Å². The standard InChI is InChI=1S/C13H16N2O.ClH/c1-16-13-7-6-10(12(15)8-14)9-4-2-3-5-11(9)13;/h2-7,12H,8,14-15H2,1H3;1H/t12-;/m1./s1. The van der Waals surface area contributed by atoms with Crippen LogP contribution in [0.1, 0.15) is 11.6 Å². The summed E-state index contributed by atoms with van der Waals surface area (Å²) in [4.78, 5) is 0. The van der Waals surface area contributed by atoms with Crippen molar-refractivity contribution in [1.82, 2.24) is 0 Å². The Morgan fingerprint density at radius 1 is 1.12 bits per heavy atom. The van der Waals surface area contributed by atoms with E-state index < -0.39 is 0 Å². The molecule has 0 spiro atoms. The molecule has 0 saturated carbocycles. The molecule has 1 atom stereocenters. The van der Waals surface area contributed by atoms with Crippen molar-refractivity contribution in [2.75, 3.05) is 13.7 Å². The number of halogens is 1. The van der Waals surface area contributed by atoms with Gasteiger partial charge in [0.1, 0.15) is 5.75 Å². The SMILES string of the molecule is COc1ccc([C@H](N)CN)c2ccccc12.Cl. The number of hydrogen-bond donors (Lipinski definition) is 2. The third-order valence-electron chi connectivity index (χ3n) is 2.79. The monoisotopic (exact) mass is 252 g/mol. The molecule has 2 rings (SSSR count). The molecule has 17 heavy (non-hydrogen) atoms. The van der Waals surface area contributed by atoms with Crippen molar-refractivity contribution >= 4 is 23.2 Å². The van der Waals surface area contributed by atoms with Crippen molar-refractivity contribution < 1.29 is 4.74 Å². The summed E-state index contributed by atoms with van der Waals surface area (Å²) >= 11 is 0. The first-order valence-electron chi connectivity index (χ1n) is 5.29. The number of hydrogen-bond acceptors (Lipinski definition) is 3. The maximum atomic E-state index is 5.99. The van der Waals surface area contributed by atoms with E-state index in [1.165, 1.54) is 0 Å². The molecule has 0 radical (unpaired) electrons. The summed E-state index contributed by atoms with van der Waals surface area (Å²) in [5.41, 5.74) is 12.7. The molecule has 0 aliphatic heterocycles. The van der Waals surface area contributed by atoms with Gasteiger partial charge in [-0.3, -0.25) is 0 Å². The minimum atomic E-state index is -0.129. The Balaban J connectivity index is 0.00000144. The average Bonchev–Trinajstić information content (AvgIpc) is 2.36. The zero-order chi connectivity index (χ0) is 11.5. The van der Waals surface area contributed by atoms with Crippen molar-refractivity contribution in [2.24, 2.45) is 11.5 Å². The van der Waals surface area contributed by atoms with E-state index in [0.717, 1.165) is 22.1 Å². The maximum Gasteiger partial charge on any atom is 0.126 e. The first kappa shape index (κ1) is 13.8. The third-order valence-corrected chi connectivity index (χ3v) is 2.79. The lowest BCUT2D eigenvalue weighted by Crippen LogP contribution is -2.20. The largest absolute Gasteiger partial charge is 0.496 e. The van der Waals surface area contributed by atoms with Crippen molar-refractivity contribution in [1.29, 1.82) is 0 Å². The van der Waals surface area contributed by atoms with Gasteiger partial charge >= 0.3 is 0 Å². The summed E-state index contributed by atoms with van der Waals surface area (Å²) in [7, 11) is 1.67. The molecule has 0 heterocycles. The molecule has 0 aliphatic carbocycles. The second-order valence-corrected chi connectivity index (χ2v) is 3.74. The van der Waals surface area contributed by atoms with Crippen LogP contribution in [0.2, 0.25) is 0 Å². The van der Waals surface area contributed by atoms with Gasteiger partial charge < -0.3 is 16.2 Å². The zero-order valence-electron chi connectivity index (χ0n) is 9.72. The molecule has 0 fully saturated rings. The highest BCUT2D eigenvalue weighted by atomic mass is 35.5. The lowest BCUT2D eigenvalue weighted by Gasteiger charge is -2.14. The van der Waals surface area contributed by atoms with E-state index >= 15 is 0 Å². The van der Waals surface area contributed by atoms with Gasteiger partial charge in [-0.05, 0) is 17.0 Å². The van der Waals surface area contributed by atoms with Crippen LogP contribution < -0.4 is 16.2 Å². The van der Waals surface area contributed by atoms with Gasteiger partial charge in [0, 0.05) is 18.0 Å². The van der Waals surface area contributed by atoms with Crippen LogP contribution in [0.15, 0.2) is 36.4 Å². The molecule has 92 valence electrons. The lowest BCUT2D eigenvalue weighted by molar-refractivity contribution is 0.419. The number of methoxy groups -OCH3 is 1. The highest BCUT2D eigenvalue weighted by Crippen LogP contribution is 2.30. The molecule has 0 aromatic heterocycles. The smallest absolute Gasteiger partial charge is 0.126 e. The number of nitrogens with two attached hydrogens (primary N) is 2. The molecule has 0 unspecified atom stereocenters. The fourth-order valence-electron chi connectivity index (χ4n) is 1.92. The van der Waals surface area contributed by atoms with Gasteiger partial charge in [0.2, 0.25) is 0 Å². The summed E-state index contributed by atoms with van der Waals surface area (Å²) in [5.74, 6) is 0.864. The third kappa shape index (κ3) is 2.52. The van der Waals surface area contributed by atoms with E-state index in [0.29, 0.717) is 6.54 Å². The second-order valence-electron chi connectivity index (χ2n) is 3.74. The fourth-order valence-corrected chi connectivity index (χ4v) is 1.92. The van der Waals surface area contributed by atoms with Crippen LogP contribution in [0.25, 0.3) is 10.8 Å². The number of benzene rings is 2. The summed E-state index contributed by atoms with van der Waals surface area (Å²) in [6.45, 7) is 0.441. The van der Waals surface area contributed by atoms with Gasteiger partial charge in [0.15, 0.2) is 0 Å². The lowest BCUT2D eigenvalue weighted by atomic mass is 9.98. The average molecular weight is 253 g/mol. The Hall–Kier alpha value is -1.29. The molecular weight excluding hydrogens is 236 g/mol. The van der Waals surface area contributed by atoms with Gasteiger partial charge in [-0.15, -0.1) is 12.4 Å². The molecule has 2 aromatic rings. The van der Waals surface area contributed by atoms with Crippen LogP contribution in [0.3, 0.4) is 0 Å². The van der Waals surface area contributed by atoms with Crippen LogP contribution in [0.4, 0.5) is 0 Å². The Morgan fingerprint density at radius 2 is 1.76 bits per heavy atom. The summed E-state index contributed by atoms with van der Waals surface area (Å²) in [6, 6.07) is 11.8. The molecule has 0 saturated heterocycles. The van der Waals surface area contributed by atoms with E-state index in [1.54, 1.807) is 7.11 Å². The van der Waals surface area contributed by atoms with Crippen LogP contribution in [-0.4, -0.2) is 13.7 Å². The quantitative estimate of drug-likeness (QED) is 0.881. The zero-order valence-corrected chi connectivity index (χ0v) is 10.5. The Kier molecular flexibility index (Phi) is 4.75. The van der Waals surface area contributed by atoms with E-state index in [2.05, 4.69) is 0 Å². The predicted molar refractivity (Wildman–Crippen MR) is 73.7 cm³/mol. The topological polar surface area (TPSA) is 61.3 Å². The van der Waals surface area contributed by atoms with Crippen LogP contribution >= 0.6 is 12.4 Å². The van der Waals surface area contributed by atoms with Gasteiger partial charge in [-0.2, -0.15) is 0 Å². The first-order valence-corrected chi connectivity index (χ1v) is 5.29. The molecular formula is C13H17ClN2O. The number of rotatable bonds is 3. The van der Waals surface area contributed by atoms with Gasteiger partial charge in [-0.25, -0.2) is 0 Å². The molecule has 0 amide bonds. The minimum absolute atomic E-state index is 0. The molecule has 0 aliphatic rings. The summed E-state index contributed by atoms with van der Waals surface area (Å²) < 4.78 is 5.32. The van der Waals surface area contributed by atoms with Crippen molar-refractivity contribution in [3.05, 3.63) is 42.0 Å². The van der Waals surface area contributed by atoms with Gasteiger partial charge in [0.25, 0.3) is 0 Å². The van der Waals surface area contributed by atoms with Crippen molar-refractivity contribution in [3.8, 4) is 5.75 Å². The molecule has 0 bridgehead atoms. The Labute approximate surface area is 107 Å². The molecule has 3 nitrogen and oxygen atoms in total.